The molecule has 2 aromatic rings. The molecule has 1 aromatic carbocycles. The molecule has 0 unspecified atom stereocenters. The molecule has 1 aromatic heterocycles. The molecule has 0 bridgehead atoms. The summed E-state index contributed by atoms with van der Waals surface area (Å²) in [6.07, 6.45) is -1.95. The van der Waals surface area contributed by atoms with E-state index < -0.39 is 11.7 Å². The van der Waals surface area contributed by atoms with Crippen molar-refractivity contribution >= 4 is 5.91 Å². The molecule has 3 heterocycles. The van der Waals surface area contributed by atoms with Crippen LogP contribution in [0.4, 0.5) is 13.2 Å². The molecule has 0 N–H and O–H groups in total. The molecule has 2 fully saturated rings. The first-order valence-electron chi connectivity index (χ1n) is 11.1. The lowest BCUT2D eigenvalue weighted by molar-refractivity contribution is -0.137. The quantitative estimate of drug-likeness (QED) is 0.701. The summed E-state index contributed by atoms with van der Waals surface area (Å²) in [7, 11) is 0. The summed E-state index contributed by atoms with van der Waals surface area (Å²) in [4.78, 5) is 21.7. The van der Waals surface area contributed by atoms with Crippen LogP contribution in [0.1, 0.15) is 41.3 Å². The first kappa shape index (κ1) is 22.7. The average Bonchev–Trinajstić information content (AvgIpc) is 2.80. The van der Waals surface area contributed by atoms with E-state index in [1.807, 2.05) is 23.1 Å². The van der Waals surface area contributed by atoms with Crippen LogP contribution in [0, 0.1) is 0 Å². The Morgan fingerprint density at radius 1 is 1.06 bits per heavy atom. The maximum Gasteiger partial charge on any atom is 0.416 e. The van der Waals surface area contributed by atoms with Gasteiger partial charge in [-0.3, -0.25) is 14.7 Å². The summed E-state index contributed by atoms with van der Waals surface area (Å²) in [6, 6.07) is 11.0. The minimum atomic E-state index is -4.33. The third-order valence-electron chi connectivity index (χ3n) is 6.15. The van der Waals surface area contributed by atoms with Gasteiger partial charge in [0.25, 0.3) is 0 Å². The van der Waals surface area contributed by atoms with Gasteiger partial charge in [0, 0.05) is 49.9 Å². The molecular formula is C24H28F3N3O2. The predicted molar refractivity (Wildman–Crippen MR) is 114 cm³/mol. The van der Waals surface area contributed by atoms with Gasteiger partial charge in [0.1, 0.15) is 0 Å². The van der Waals surface area contributed by atoms with Crippen molar-refractivity contribution in [3.8, 4) is 0 Å². The van der Waals surface area contributed by atoms with Crippen molar-refractivity contribution in [3.05, 3.63) is 65.0 Å². The van der Waals surface area contributed by atoms with Gasteiger partial charge in [0.2, 0.25) is 5.91 Å². The van der Waals surface area contributed by atoms with Crippen LogP contribution >= 0.6 is 0 Å². The van der Waals surface area contributed by atoms with E-state index in [-0.39, 0.29) is 11.8 Å². The Labute approximate surface area is 186 Å². The number of nitrogens with zero attached hydrogens (tertiary/aromatic N) is 3. The molecule has 4 rings (SSSR count). The van der Waals surface area contributed by atoms with E-state index in [0.717, 1.165) is 61.6 Å². The highest BCUT2D eigenvalue weighted by atomic mass is 19.4. The van der Waals surface area contributed by atoms with Gasteiger partial charge in [-0.15, -0.1) is 0 Å². The molecule has 32 heavy (non-hydrogen) atoms. The van der Waals surface area contributed by atoms with Crippen LogP contribution in [0.2, 0.25) is 0 Å². The normalized spacial score (nSPS) is 20.3. The minimum absolute atomic E-state index is 0.150. The van der Waals surface area contributed by atoms with Crippen LogP contribution < -0.4 is 0 Å². The Hall–Kier alpha value is -2.45. The third-order valence-corrected chi connectivity index (χ3v) is 6.15. The second-order valence-corrected chi connectivity index (χ2v) is 8.49. The Morgan fingerprint density at radius 3 is 2.53 bits per heavy atom. The number of alkyl halides is 3. The van der Waals surface area contributed by atoms with E-state index in [2.05, 4.69) is 4.90 Å². The second kappa shape index (κ2) is 10.0. The Balaban J connectivity index is 1.38. The van der Waals surface area contributed by atoms with E-state index in [1.165, 1.54) is 12.1 Å². The fourth-order valence-corrected chi connectivity index (χ4v) is 4.34. The molecular weight excluding hydrogens is 419 g/mol. The Bertz CT molecular complexity index is 911. The molecule has 1 amide bonds. The number of piperidine rings is 1. The molecule has 172 valence electrons. The number of morpholine rings is 1. The lowest BCUT2D eigenvalue weighted by Gasteiger charge is -2.35. The number of likely N-dealkylation sites (tertiary alicyclic amines) is 1. The van der Waals surface area contributed by atoms with Gasteiger partial charge in [-0.25, -0.2) is 0 Å². The zero-order chi connectivity index (χ0) is 22.6. The molecule has 5 nitrogen and oxygen atoms in total. The number of benzene rings is 1. The average molecular weight is 448 g/mol. The molecule has 0 radical (unpaired) electrons. The molecule has 8 heteroatoms. The summed E-state index contributed by atoms with van der Waals surface area (Å²) in [5.41, 5.74) is 1.90. The van der Waals surface area contributed by atoms with E-state index in [9.17, 15) is 18.0 Å². The van der Waals surface area contributed by atoms with Crippen molar-refractivity contribution in [3.63, 3.8) is 0 Å². The zero-order valence-electron chi connectivity index (χ0n) is 18.0. The SMILES string of the molecule is O=C(CN1CCOCC1)N1CCC[C@H](c2cccc(Cc3ccc(C(F)(F)F)cc3)n2)C1. The highest BCUT2D eigenvalue weighted by molar-refractivity contribution is 5.78. The highest BCUT2D eigenvalue weighted by Crippen LogP contribution is 2.30. The van der Waals surface area contributed by atoms with E-state index in [1.54, 1.807) is 0 Å². The first-order chi connectivity index (χ1) is 15.4. The predicted octanol–water partition coefficient (Wildman–Crippen LogP) is 3.73. The topological polar surface area (TPSA) is 45.7 Å². The summed E-state index contributed by atoms with van der Waals surface area (Å²) in [5.74, 6) is 0.322. The number of hydrogen-bond acceptors (Lipinski definition) is 4. The first-order valence-corrected chi connectivity index (χ1v) is 11.1. The Kier molecular flexibility index (Phi) is 7.10. The van der Waals surface area contributed by atoms with Crippen molar-refractivity contribution in [2.75, 3.05) is 45.9 Å². The standard InChI is InChI=1S/C24H28F3N3O2/c25-24(26,27)20-8-6-18(7-9-20)15-21-4-1-5-22(28-21)19-3-2-10-30(16-19)23(31)17-29-11-13-32-14-12-29/h1,4-9,19H,2-3,10-17H2/t19-/m0/s1. The monoisotopic (exact) mass is 447 g/mol. The number of aromatic nitrogens is 1. The number of carbonyl (C=O) groups is 1. The van der Waals surface area contributed by atoms with E-state index >= 15 is 0 Å². The highest BCUT2D eigenvalue weighted by Gasteiger charge is 2.30. The number of halogens is 3. The molecule has 1 atom stereocenters. The molecule has 0 aliphatic carbocycles. The number of carbonyl (C=O) groups excluding carboxylic acids is 1. The van der Waals surface area contributed by atoms with Crippen LogP contribution in [-0.2, 0) is 22.1 Å². The van der Waals surface area contributed by atoms with Crippen molar-refractivity contribution < 1.29 is 22.7 Å². The van der Waals surface area contributed by atoms with Gasteiger partial charge in [0.05, 0.1) is 25.3 Å². The second-order valence-electron chi connectivity index (χ2n) is 8.49. The number of hydrogen-bond donors (Lipinski definition) is 0. The lowest BCUT2D eigenvalue weighted by Crippen LogP contribution is -2.47. The van der Waals surface area contributed by atoms with Crippen molar-refractivity contribution in [2.24, 2.45) is 0 Å². The fraction of sp³-hybridized carbons (Fsp3) is 0.500. The van der Waals surface area contributed by atoms with Crippen LogP contribution in [0.5, 0.6) is 0 Å². The van der Waals surface area contributed by atoms with Gasteiger partial charge in [-0.2, -0.15) is 13.2 Å². The van der Waals surface area contributed by atoms with Crippen LogP contribution in [0.25, 0.3) is 0 Å². The minimum Gasteiger partial charge on any atom is -0.379 e. The fourth-order valence-electron chi connectivity index (χ4n) is 4.34. The Morgan fingerprint density at radius 2 is 1.81 bits per heavy atom. The smallest absolute Gasteiger partial charge is 0.379 e. The van der Waals surface area contributed by atoms with Gasteiger partial charge in [-0.05, 0) is 42.7 Å². The summed E-state index contributed by atoms with van der Waals surface area (Å²) < 4.78 is 43.7. The maximum absolute atomic E-state index is 12.8. The lowest BCUT2D eigenvalue weighted by atomic mass is 9.93. The zero-order valence-corrected chi connectivity index (χ0v) is 18.0. The van der Waals surface area contributed by atoms with Crippen molar-refractivity contribution in [1.29, 1.82) is 0 Å². The van der Waals surface area contributed by atoms with Crippen LogP contribution in [-0.4, -0.2) is 66.6 Å². The van der Waals surface area contributed by atoms with Crippen LogP contribution in [0.3, 0.4) is 0 Å². The molecule has 2 saturated heterocycles. The molecule has 0 saturated carbocycles. The van der Waals surface area contributed by atoms with E-state index in [0.29, 0.717) is 32.7 Å². The number of pyridine rings is 1. The number of amides is 1. The van der Waals surface area contributed by atoms with Gasteiger partial charge < -0.3 is 9.64 Å². The molecule has 2 aliphatic heterocycles. The number of rotatable bonds is 5. The summed E-state index contributed by atoms with van der Waals surface area (Å²) in [6.45, 7) is 4.77. The van der Waals surface area contributed by atoms with Crippen molar-refractivity contribution in [2.45, 2.75) is 31.4 Å². The molecule has 0 spiro atoms. The van der Waals surface area contributed by atoms with Gasteiger partial charge in [0.15, 0.2) is 0 Å². The van der Waals surface area contributed by atoms with Crippen LogP contribution in [0.15, 0.2) is 42.5 Å². The summed E-state index contributed by atoms with van der Waals surface area (Å²) >= 11 is 0. The maximum atomic E-state index is 12.8. The van der Waals surface area contributed by atoms with Crippen molar-refractivity contribution in [1.82, 2.24) is 14.8 Å². The van der Waals surface area contributed by atoms with E-state index in [4.69, 9.17) is 9.72 Å². The number of ether oxygens (including phenoxy) is 1. The summed E-state index contributed by atoms with van der Waals surface area (Å²) in [5, 5.41) is 0. The van der Waals surface area contributed by atoms with Gasteiger partial charge in [-0.1, -0.05) is 18.2 Å². The van der Waals surface area contributed by atoms with Gasteiger partial charge >= 0.3 is 6.18 Å². The largest absolute Gasteiger partial charge is 0.416 e. The molecule has 2 aliphatic rings. The third kappa shape index (κ3) is 5.86.